The number of carbonyl (C=O) groups is 1. The first-order chi connectivity index (χ1) is 9.06. The first-order valence-corrected chi connectivity index (χ1v) is 7.24. The van der Waals surface area contributed by atoms with Crippen molar-refractivity contribution in [2.24, 2.45) is 11.7 Å². The summed E-state index contributed by atoms with van der Waals surface area (Å²) in [6.07, 6.45) is 3.75. The normalized spacial score (nSPS) is 24.2. The van der Waals surface area contributed by atoms with Gasteiger partial charge in [0, 0.05) is 17.1 Å². The Morgan fingerprint density at radius 2 is 2.11 bits per heavy atom. The number of carbonyl (C=O) groups excluding carboxylic acids is 1. The minimum atomic E-state index is -0.00679. The zero-order chi connectivity index (χ0) is 13.8. The number of halogens is 1. The number of hydrogen-bond acceptors (Lipinski definition) is 2. The lowest BCUT2D eigenvalue weighted by molar-refractivity contribution is -0.125. The lowest BCUT2D eigenvalue weighted by atomic mass is 10.0. The smallest absolute Gasteiger partial charge is 0.224 e. The van der Waals surface area contributed by atoms with E-state index in [-0.39, 0.29) is 23.9 Å². The molecule has 1 saturated carbocycles. The van der Waals surface area contributed by atoms with Crippen LogP contribution in [0.25, 0.3) is 0 Å². The van der Waals surface area contributed by atoms with Gasteiger partial charge in [-0.15, -0.1) is 0 Å². The van der Waals surface area contributed by atoms with Gasteiger partial charge in [-0.2, -0.15) is 0 Å². The molecule has 3 atom stereocenters. The second-order valence-electron chi connectivity index (χ2n) is 5.44. The third kappa shape index (κ3) is 3.95. The Hall–Kier alpha value is -1.06. The molecule has 1 aliphatic rings. The summed E-state index contributed by atoms with van der Waals surface area (Å²) >= 11 is 5.85. The van der Waals surface area contributed by atoms with E-state index < -0.39 is 0 Å². The Morgan fingerprint density at radius 3 is 2.68 bits per heavy atom. The van der Waals surface area contributed by atoms with Crippen molar-refractivity contribution in [3.63, 3.8) is 0 Å². The fourth-order valence-electron chi connectivity index (χ4n) is 2.69. The molecule has 104 valence electrons. The first kappa shape index (κ1) is 14.4. The predicted octanol–water partition coefficient (Wildman–Crippen LogP) is 2.51. The maximum Gasteiger partial charge on any atom is 0.224 e. The van der Waals surface area contributed by atoms with E-state index in [0.717, 1.165) is 30.7 Å². The van der Waals surface area contributed by atoms with Crippen LogP contribution in [0.3, 0.4) is 0 Å². The molecule has 4 heteroatoms. The molecule has 2 rings (SSSR count). The molecule has 3 unspecified atom stereocenters. The van der Waals surface area contributed by atoms with Gasteiger partial charge in [0.2, 0.25) is 5.91 Å². The van der Waals surface area contributed by atoms with E-state index in [1.165, 1.54) is 5.56 Å². The average molecular weight is 281 g/mol. The minimum absolute atomic E-state index is 0.00679. The van der Waals surface area contributed by atoms with Crippen LogP contribution in [0.15, 0.2) is 24.3 Å². The molecule has 1 aliphatic carbocycles. The van der Waals surface area contributed by atoms with Gasteiger partial charge >= 0.3 is 0 Å². The molecule has 1 amide bonds. The van der Waals surface area contributed by atoms with Gasteiger partial charge < -0.3 is 11.1 Å². The number of hydrogen-bond donors (Lipinski definition) is 2. The van der Waals surface area contributed by atoms with Gasteiger partial charge in [-0.25, -0.2) is 0 Å². The van der Waals surface area contributed by atoms with E-state index in [1.807, 2.05) is 31.2 Å². The Balaban J connectivity index is 1.85. The first-order valence-electron chi connectivity index (χ1n) is 6.86. The van der Waals surface area contributed by atoms with Crippen LogP contribution >= 0.6 is 11.6 Å². The van der Waals surface area contributed by atoms with Crippen molar-refractivity contribution in [3.8, 4) is 0 Å². The fourth-order valence-corrected chi connectivity index (χ4v) is 2.82. The van der Waals surface area contributed by atoms with Crippen LogP contribution in [0.2, 0.25) is 5.02 Å². The second-order valence-corrected chi connectivity index (χ2v) is 5.88. The SMILES string of the molecule is CC(Cc1ccc(Cl)cc1)NC(=O)C1CCCC1N. The molecular weight excluding hydrogens is 260 g/mol. The van der Waals surface area contributed by atoms with E-state index in [0.29, 0.717) is 0 Å². The lowest BCUT2D eigenvalue weighted by Crippen LogP contribution is -2.43. The summed E-state index contributed by atoms with van der Waals surface area (Å²) in [7, 11) is 0. The highest BCUT2D eigenvalue weighted by atomic mass is 35.5. The summed E-state index contributed by atoms with van der Waals surface area (Å²) in [4.78, 5) is 12.1. The van der Waals surface area contributed by atoms with Crippen molar-refractivity contribution >= 4 is 17.5 Å². The third-order valence-electron chi connectivity index (χ3n) is 3.75. The molecule has 1 aromatic rings. The van der Waals surface area contributed by atoms with Crippen molar-refractivity contribution in [2.45, 2.75) is 44.7 Å². The number of nitrogens with one attached hydrogen (secondary N) is 1. The minimum Gasteiger partial charge on any atom is -0.353 e. The predicted molar refractivity (Wildman–Crippen MR) is 78.1 cm³/mol. The molecule has 0 radical (unpaired) electrons. The highest BCUT2D eigenvalue weighted by Crippen LogP contribution is 2.24. The van der Waals surface area contributed by atoms with Gasteiger partial charge in [-0.1, -0.05) is 30.2 Å². The van der Waals surface area contributed by atoms with Gasteiger partial charge in [0.05, 0.1) is 5.92 Å². The molecule has 1 fully saturated rings. The Bertz CT molecular complexity index is 432. The standard InChI is InChI=1S/C15H21ClN2O/c1-10(9-11-5-7-12(16)8-6-11)18-15(19)13-3-2-4-14(13)17/h5-8,10,13-14H,2-4,9,17H2,1H3,(H,18,19). The van der Waals surface area contributed by atoms with E-state index in [2.05, 4.69) is 5.32 Å². The Kier molecular flexibility index (Phi) is 4.83. The Labute approximate surface area is 119 Å². The molecule has 0 spiro atoms. The highest BCUT2D eigenvalue weighted by molar-refractivity contribution is 6.30. The van der Waals surface area contributed by atoms with Crippen molar-refractivity contribution < 1.29 is 4.79 Å². The lowest BCUT2D eigenvalue weighted by Gasteiger charge is -2.19. The van der Waals surface area contributed by atoms with E-state index >= 15 is 0 Å². The fraction of sp³-hybridized carbons (Fsp3) is 0.533. The molecule has 1 aromatic carbocycles. The summed E-state index contributed by atoms with van der Waals surface area (Å²) in [6.45, 7) is 2.02. The second kappa shape index (κ2) is 6.40. The van der Waals surface area contributed by atoms with Crippen LogP contribution in [0.4, 0.5) is 0 Å². The molecule has 0 aromatic heterocycles. The van der Waals surface area contributed by atoms with Crippen LogP contribution in [-0.2, 0) is 11.2 Å². The number of nitrogens with two attached hydrogens (primary N) is 1. The topological polar surface area (TPSA) is 55.1 Å². The van der Waals surface area contributed by atoms with Gasteiger partial charge in [0.25, 0.3) is 0 Å². The Morgan fingerprint density at radius 1 is 1.42 bits per heavy atom. The maximum atomic E-state index is 12.1. The molecule has 19 heavy (non-hydrogen) atoms. The molecule has 3 N–H and O–H groups in total. The van der Waals surface area contributed by atoms with E-state index in [4.69, 9.17) is 17.3 Å². The molecule has 0 heterocycles. The van der Waals surface area contributed by atoms with Gasteiger partial charge in [0.15, 0.2) is 0 Å². The van der Waals surface area contributed by atoms with Crippen LogP contribution in [-0.4, -0.2) is 18.0 Å². The van der Waals surface area contributed by atoms with Crippen molar-refractivity contribution in [3.05, 3.63) is 34.9 Å². The highest BCUT2D eigenvalue weighted by Gasteiger charge is 2.30. The van der Waals surface area contributed by atoms with Crippen molar-refractivity contribution in [1.82, 2.24) is 5.32 Å². The van der Waals surface area contributed by atoms with Gasteiger partial charge in [-0.3, -0.25) is 4.79 Å². The average Bonchev–Trinajstić information content (AvgIpc) is 2.78. The van der Waals surface area contributed by atoms with Crippen LogP contribution in [0.5, 0.6) is 0 Å². The van der Waals surface area contributed by atoms with Crippen molar-refractivity contribution in [2.75, 3.05) is 0 Å². The van der Waals surface area contributed by atoms with E-state index in [1.54, 1.807) is 0 Å². The number of amides is 1. The summed E-state index contributed by atoms with van der Waals surface area (Å²) in [5, 5.41) is 3.80. The van der Waals surface area contributed by atoms with Crippen LogP contribution < -0.4 is 11.1 Å². The van der Waals surface area contributed by atoms with Crippen molar-refractivity contribution in [1.29, 1.82) is 0 Å². The molecule has 0 bridgehead atoms. The molecule has 3 nitrogen and oxygen atoms in total. The summed E-state index contributed by atoms with van der Waals surface area (Å²) < 4.78 is 0. The quantitative estimate of drug-likeness (QED) is 0.890. The summed E-state index contributed by atoms with van der Waals surface area (Å²) in [5.41, 5.74) is 7.12. The third-order valence-corrected chi connectivity index (χ3v) is 4.00. The zero-order valence-electron chi connectivity index (χ0n) is 11.2. The monoisotopic (exact) mass is 280 g/mol. The molecular formula is C15H21ClN2O. The number of benzene rings is 1. The van der Waals surface area contributed by atoms with E-state index in [9.17, 15) is 4.79 Å². The largest absolute Gasteiger partial charge is 0.353 e. The van der Waals surface area contributed by atoms with Gasteiger partial charge in [0.1, 0.15) is 0 Å². The van der Waals surface area contributed by atoms with Crippen LogP contribution in [0, 0.1) is 5.92 Å². The molecule has 0 saturated heterocycles. The van der Waals surface area contributed by atoms with Gasteiger partial charge in [-0.05, 0) is 43.9 Å². The van der Waals surface area contributed by atoms with Crippen LogP contribution in [0.1, 0.15) is 31.7 Å². The molecule has 0 aliphatic heterocycles. The summed E-state index contributed by atoms with van der Waals surface area (Å²) in [6, 6.07) is 7.87. The zero-order valence-corrected chi connectivity index (χ0v) is 12.0. The maximum absolute atomic E-state index is 12.1. The number of rotatable bonds is 4. The summed E-state index contributed by atoms with van der Waals surface area (Å²) in [5.74, 6) is 0.0964.